The zero-order valence-electron chi connectivity index (χ0n) is 13.9. The topological polar surface area (TPSA) is 86.3 Å². The number of hydrogen-bond donors (Lipinski definition) is 1. The molecule has 2 atom stereocenters. The highest BCUT2D eigenvalue weighted by Crippen LogP contribution is 2.30. The number of carbonyl (C=O) groups is 1. The number of aryl methyl sites for hydroxylation is 1. The lowest BCUT2D eigenvalue weighted by molar-refractivity contribution is -0.123. The Labute approximate surface area is 137 Å². The monoisotopic (exact) mass is 321 g/mol. The Kier molecular flexibility index (Phi) is 5.27. The second-order valence-corrected chi connectivity index (χ2v) is 6.69. The van der Waals surface area contributed by atoms with E-state index >= 15 is 0 Å². The maximum atomic E-state index is 11.5. The van der Waals surface area contributed by atoms with Crippen molar-refractivity contribution in [1.29, 1.82) is 0 Å². The lowest BCUT2D eigenvalue weighted by atomic mass is 9.86. The number of hydrogen-bond acceptors (Lipinski definition) is 5. The zero-order valence-corrected chi connectivity index (χ0v) is 13.9. The van der Waals surface area contributed by atoms with Crippen molar-refractivity contribution < 1.29 is 9.53 Å². The molecule has 1 amide bonds. The summed E-state index contributed by atoms with van der Waals surface area (Å²) >= 11 is 0. The summed E-state index contributed by atoms with van der Waals surface area (Å²) in [5.41, 5.74) is 6.51. The van der Waals surface area contributed by atoms with Crippen molar-refractivity contribution >= 4 is 5.91 Å². The zero-order chi connectivity index (χ0) is 16.2. The minimum atomic E-state index is -0.205. The van der Waals surface area contributed by atoms with Crippen molar-refractivity contribution in [3.63, 3.8) is 0 Å². The predicted octanol–water partition coefficient (Wildman–Crippen LogP) is 0.791. The number of carbonyl (C=O) groups excluding carboxylic acids is 1. The maximum absolute atomic E-state index is 11.5. The van der Waals surface area contributed by atoms with Gasteiger partial charge in [0.05, 0.1) is 30.5 Å². The molecule has 3 rings (SSSR count). The third-order valence-corrected chi connectivity index (χ3v) is 5.10. The van der Waals surface area contributed by atoms with E-state index in [4.69, 9.17) is 10.5 Å². The van der Waals surface area contributed by atoms with Crippen molar-refractivity contribution in [2.45, 2.75) is 51.8 Å². The van der Waals surface area contributed by atoms with Gasteiger partial charge in [0, 0.05) is 13.2 Å². The third kappa shape index (κ3) is 4.09. The fourth-order valence-electron chi connectivity index (χ4n) is 3.70. The Morgan fingerprint density at radius 3 is 2.83 bits per heavy atom. The van der Waals surface area contributed by atoms with Crippen LogP contribution in [0.5, 0.6) is 0 Å². The van der Waals surface area contributed by atoms with Crippen LogP contribution in [-0.4, -0.2) is 51.6 Å². The Hall–Kier alpha value is -1.47. The third-order valence-electron chi connectivity index (χ3n) is 5.10. The molecule has 2 fully saturated rings. The van der Waals surface area contributed by atoms with Gasteiger partial charge in [-0.15, -0.1) is 0 Å². The number of nitrogens with zero attached hydrogens (tertiary/aromatic N) is 4. The van der Waals surface area contributed by atoms with Crippen LogP contribution in [0, 0.1) is 11.8 Å². The molecule has 2 aliphatic heterocycles. The molecule has 0 saturated carbocycles. The van der Waals surface area contributed by atoms with Gasteiger partial charge in [-0.2, -0.15) is 15.0 Å². The first-order valence-electron chi connectivity index (χ1n) is 8.68. The van der Waals surface area contributed by atoms with E-state index in [0.29, 0.717) is 12.5 Å². The SMILES string of the molecule is CCn1ncc(CN2CCC(C[C@H]3OCC[C@H]3C(N)=O)CC2)n1. The second-order valence-electron chi connectivity index (χ2n) is 6.69. The van der Waals surface area contributed by atoms with Crippen molar-refractivity contribution in [1.82, 2.24) is 19.9 Å². The molecule has 23 heavy (non-hydrogen) atoms. The van der Waals surface area contributed by atoms with Gasteiger partial charge in [0.25, 0.3) is 0 Å². The summed E-state index contributed by atoms with van der Waals surface area (Å²) in [6.45, 7) is 6.53. The molecule has 0 aliphatic carbocycles. The van der Waals surface area contributed by atoms with Gasteiger partial charge in [-0.3, -0.25) is 9.69 Å². The van der Waals surface area contributed by atoms with Crippen molar-refractivity contribution in [3.8, 4) is 0 Å². The number of piperidine rings is 1. The number of amides is 1. The summed E-state index contributed by atoms with van der Waals surface area (Å²) in [5.74, 6) is 0.337. The van der Waals surface area contributed by atoms with E-state index in [1.54, 1.807) is 4.80 Å². The van der Waals surface area contributed by atoms with Crippen LogP contribution < -0.4 is 5.73 Å². The second kappa shape index (κ2) is 7.40. The fraction of sp³-hybridized carbons (Fsp3) is 0.812. The van der Waals surface area contributed by atoms with E-state index in [9.17, 15) is 4.79 Å². The summed E-state index contributed by atoms with van der Waals surface area (Å²) in [6.07, 6.45) is 5.94. The summed E-state index contributed by atoms with van der Waals surface area (Å²) in [6, 6.07) is 0. The lowest BCUT2D eigenvalue weighted by Gasteiger charge is -2.33. The first-order valence-corrected chi connectivity index (χ1v) is 8.68. The Bertz CT molecular complexity index is 524. The van der Waals surface area contributed by atoms with Gasteiger partial charge in [0.2, 0.25) is 5.91 Å². The number of nitrogens with two attached hydrogens (primary N) is 1. The Balaban J connectivity index is 1.44. The van der Waals surface area contributed by atoms with Gasteiger partial charge < -0.3 is 10.5 Å². The van der Waals surface area contributed by atoms with E-state index in [2.05, 4.69) is 15.1 Å². The minimum absolute atomic E-state index is 0.0357. The highest BCUT2D eigenvalue weighted by molar-refractivity contribution is 5.77. The lowest BCUT2D eigenvalue weighted by Crippen LogP contribution is -2.36. The average molecular weight is 321 g/mol. The minimum Gasteiger partial charge on any atom is -0.377 e. The highest BCUT2D eigenvalue weighted by Gasteiger charge is 2.35. The molecule has 1 aromatic heterocycles. The molecule has 128 valence electrons. The van der Waals surface area contributed by atoms with E-state index < -0.39 is 0 Å². The summed E-state index contributed by atoms with van der Waals surface area (Å²) in [4.78, 5) is 15.6. The smallest absolute Gasteiger partial charge is 0.223 e. The van der Waals surface area contributed by atoms with Gasteiger partial charge >= 0.3 is 0 Å². The number of likely N-dealkylation sites (tertiary alicyclic amines) is 1. The van der Waals surface area contributed by atoms with Crippen LogP contribution in [0.15, 0.2) is 6.20 Å². The molecule has 1 aromatic rings. The van der Waals surface area contributed by atoms with Gasteiger partial charge in [-0.25, -0.2) is 0 Å². The molecule has 7 nitrogen and oxygen atoms in total. The Morgan fingerprint density at radius 1 is 1.39 bits per heavy atom. The first-order chi connectivity index (χ1) is 11.2. The quantitative estimate of drug-likeness (QED) is 0.837. The van der Waals surface area contributed by atoms with Gasteiger partial charge in [-0.05, 0) is 51.6 Å². The molecule has 2 saturated heterocycles. The van der Waals surface area contributed by atoms with E-state index in [1.165, 1.54) is 0 Å². The van der Waals surface area contributed by atoms with Crippen LogP contribution in [0.3, 0.4) is 0 Å². The number of primary amides is 1. The Morgan fingerprint density at radius 2 is 2.17 bits per heavy atom. The number of ether oxygens (including phenoxy) is 1. The molecule has 2 aliphatic rings. The molecule has 0 spiro atoms. The maximum Gasteiger partial charge on any atom is 0.223 e. The summed E-state index contributed by atoms with van der Waals surface area (Å²) in [5, 5.41) is 8.67. The normalized spacial score (nSPS) is 26.7. The first kappa shape index (κ1) is 16.4. The van der Waals surface area contributed by atoms with E-state index in [1.807, 2.05) is 13.1 Å². The van der Waals surface area contributed by atoms with Gasteiger partial charge in [0.1, 0.15) is 0 Å². The summed E-state index contributed by atoms with van der Waals surface area (Å²) < 4.78 is 5.73. The van der Waals surface area contributed by atoms with Crippen molar-refractivity contribution in [2.75, 3.05) is 19.7 Å². The highest BCUT2D eigenvalue weighted by atomic mass is 16.5. The van der Waals surface area contributed by atoms with Crippen LogP contribution >= 0.6 is 0 Å². The molecule has 0 bridgehead atoms. The molecule has 0 unspecified atom stereocenters. The predicted molar refractivity (Wildman–Crippen MR) is 85.4 cm³/mol. The molecule has 0 radical (unpaired) electrons. The van der Waals surface area contributed by atoms with Crippen LogP contribution in [0.25, 0.3) is 0 Å². The molecular weight excluding hydrogens is 294 g/mol. The fourth-order valence-corrected chi connectivity index (χ4v) is 3.70. The van der Waals surface area contributed by atoms with E-state index in [0.717, 1.165) is 57.6 Å². The van der Waals surface area contributed by atoms with Crippen molar-refractivity contribution in [3.05, 3.63) is 11.9 Å². The molecule has 0 aromatic carbocycles. The van der Waals surface area contributed by atoms with Gasteiger partial charge in [-0.1, -0.05) is 0 Å². The average Bonchev–Trinajstić information content (AvgIpc) is 3.18. The van der Waals surface area contributed by atoms with Crippen LogP contribution in [0.1, 0.15) is 38.3 Å². The van der Waals surface area contributed by atoms with Crippen LogP contribution in [-0.2, 0) is 22.6 Å². The standard InChI is InChI=1S/C16H27N5O2/c1-2-21-18-10-13(19-21)11-20-6-3-12(4-7-20)9-15-14(16(17)22)5-8-23-15/h10,12,14-15H,2-9,11H2,1H3,(H2,17,22)/t14-,15-/m1/s1. The van der Waals surface area contributed by atoms with Crippen LogP contribution in [0.2, 0.25) is 0 Å². The molecule has 2 N–H and O–H groups in total. The molecule has 7 heteroatoms. The van der Waals surface area contributed by atoms with Crippen molar-refractivity contribution in [2.24, 2.45) is 17.6 Å². The number of rotatable bonds is 6. The molecule has 3 heterocycles. The summed E-state index contributed by atoms with van der Waals surface area (Å²) in [7, 11) is 0. The largest absolute Gasteiger partial charge is 0.377 e. The molecular formula is C16H27N5O2. The van der Waals surface area contributed by atoms with Crippen LogP contribution in [0.4, 0.5) is 0 Å². The number of aromatic nitrogens is 3. The van der Waals surface area contributed by atoms with Gasteiger partial charge in [0.15, 0.2) is 0 Å². The van der Waals surface area contributed by atoms with E-state index in [-0.39, 0.29) is 17.9 Å².